The minimum absolute atomic E-state index is 0.203. The number of halogens is 1. The summed E-state index contributed by atoms with van der Waals surface area (Å²) in [7, 11) is 3.25. The Morgan fingerprint density at radius 3 is 2.85 bits per heavy atom. The number of para-hydroxylation sites is 1. The Morgan fingerprint density at radius 1 is 1.30 bits per heavy atom. The Bertz CT molecular complexity index is 770. The van der Waals surface area contributed by atoms with Crippen LogP contribution in [0, 0.1) is 5.82 Å². The highest BCUT2D eigenvalue weighted by atomic mass is 19.1. The number of hydrogen-bond donors (Lipinski definition) is 1. The first-order chi connectivity index (χ1) is 9.74. The second kappa shape index (κ2) is 4.80. The molecule has 0 radical (unpaired) electrons. The number of benzene rings is 1. The van der Waals surface area contributed by atoms with Crippen LogP contribution in [0.2, 0.25) is 0 Å². The summed E-state index contributed by atoms with van der Waals surface area (Å²) in [6.07, 6.45) is 1.40. The number of hydrogen-bond acceptors (Lipinski definition) is 5. The maximum Gasteiger partial charge on any atom is 0.190 e. The third-order valence-electron chi connectivity index (χ3n) is 2.97. The molecule has 3 rings (SSSR count). The van der Waals surface area contributed by atoms with E-state index < -0.39 is 5.82 Å². The second-order valence-electron chi connectivity index (χ2n) is 4.12. The summed E-state index contributed by atoms with van der Waals surface area (Å²) >= 11 is 0. The molecular weight excluding hydrogens is 261 g/mol. The molecule has 102 valence electrons. The van der Waals surface area contributed by atoms with Crippen molar-refractivity contribution in [3.8, 4) is 17.2 Å². The molecular formula is C14H12FN3O2. The zero-order chi connectivity index (χ0) is 14.1. The van der Waals surface area contributed by atoms with E-state index in [1.165, 1.54) is 19.5 Å². The topological polar surface area (TPSA) is 60.2 Å². The Kier molecular flexibility index (Phi) is 2.98. The maximum absolute atomic E-state index is 13.7. The van der Waals surface area contributed by atoms with Crippen molar-refractivity contribution in [2.24, 2.45) is 0 Å². The van der Waals surface area contributed by atoms with Crippen molar-refractivity contribution in [3.05, 3.63) is 36.4 Å². The Labute approximate surface area is 114 Å². The molecule has 3 aromatic rings. The standard InChI is InChI=1S/C14H12FN3O2/c1-16-14-13(19-2)11(17-7-18-14)10-6-8-4-3-5-9(15)12(8)20-10/h3-7H,1-2H3,(H,16,17,18). The lowest BCUT2D eigenvalue weighted by molar-refractivity contribution is 0.413. The molecule has 6 heteroatoms. The summed E-state index contributed by atoms with van der Waals surface area (Å²) in [6.45, 7) is 0. The summed E-state index contributed by atoms with van der Waals surface area (Å²) in [6, 6.07) is 6.49. The van der Waals surface area contributed by atoms with E-state index in [1.54, 1.807) is 25.2 Å². The van der Waals surface area contributed by atoms with Gasteiger partial charge in [-0.25, -0.2) is 14.4 Å². The molecule has 2 aromatic heterocycles. The second-order valence-corrected chi connectivity index (χ2v) is 4.12. The molecule has 0 amide bonds. The minimum atomic E-state index is -0.407. The van der Waals surface area contributed by atoms with Gasteiger partial charge in [0, 0.05) is 12.4 Å². The number of nitrogens with zero attached hydrogens (tertiary/aromatic N) is 2. The van der Waals surface area contributed by atoms with E-state index in [0.717, 1.165) is 0 Å². The lowest BCUT2D eigenvalue weighted by Gasteiger charge is -2.09. The minimum Gasteiger partial charge on any atom is -0.491 e. The molecule has 0 saturated heterocycles. The maximum atomic E-state index is 13.7. The summed E-state index contributed by atoms with van der Waals surface area (Å²) in [5.74, 6) is 1.02. The summed E-state index contributed by atoms with van der Waals surface area (Å²) in [5, 5.41) is 3.58. The van der Waals surface area contributed by atoms with Gasteiger partial charge in [-0.2, -0.15) is 0 Å². The van der Waals surface area contributed by atoms with Gasteiger partial charge in [0.15, 0.2) is 34.4 Å². The predicted molar refractivity (Wildman–Crippen MR) is 73.3 cm³/mol. The first kappa shape index (κ1) is 12.4. The van der Waals surface area contributed by atoms with Gasteiger partial charge in [0.25, 0.3) is 0 Å². The summed E-state index contributed by atoms with van der Waals surface area (Å²) in [4.78, 5) is 8.22. The fourth-order valence-corrected chi connectivity index (χ4v) is 2.06. The molecule has 0 bridgehead atoms. The van der Waals surface area contributed by atoms with E-state index in [1.807, 2.05) is 0 Å². The molecule has 0 aliphatic carbocycles. The predicted octanol–water partition coefficient (Wildman–Crippen LogP) is 3.08. The molecule has 20 heavy (non-hydrogen) atoms. The van der Waals surface area contributed by atoms with Crippen molar-refractivity contribution in [3.63, 3.8) is 0 Å². The number of fused-ring (bicyclic) bond motifs is 1. The first-order valence-corrected chi connectivity index (χ1v) is 5.99. The summed E-state index contributed by atoms with van der Waals surface area (Å²) in [5.41, 5.74) is 0.677. The van der Waals surface area contributed by atoms with E-state index in [2.05, 4.69) is 15.3 Å². The van der Waals surface area contributed by atoms with Crippen LogP contribution in [0.25, 0.3) is 22.4 Å². The third-order valence-corrected chi connectivity index (χ3v) is 2.97. The number of anilines is 1. The van der Waals surface area contributed by atoms with Crippen molar-refractivity contribution in [2.45, 2.75) is 0 Å². The quantitative estimate of drug-likeness (QED) is 0.794. The zero-order valence-corrected chi connectivity index (χ0v) is 11.0. The highest BCUT2D eigenvalue weighted by molar-refractivity contribution is 5.84. The van der Waals surface area contributed by atoms with Crippen LogP contribution in [0.1, 0.15) is 0 Å². The SMILES string of the molecule is CNc1ncnc(-c2cc3cccc(F)c3o2)c1OC. The van der Waals surface area contributed by atoms with Gasteiger partial charge in [-0.3, -0.25) is 0 Å². The molecule has 1 aromatic carbocycles. The smallest absolute Gasteiger partial charge is 0.190 e. The molecule has 1 N–H and O–H groups in total. The molecule has 0 fully saturated rings. The van der Waals surface area contributed by atoms with Gasteiger partial charge in [-0.05, 0) is 12.1 Å². The lowest BCUT2D eigenvalue weighted by Crippen LogP contribution is -2.00. The Balaban J connectivity index is 2.23. The highest BCUT2D eigenvalue weighted by Gasteiger charge is 2.17. The van der Waals surface area contributed by atoms with Crippen LogP contribution >= 0.6 is 0 Å². The summed E-state index contributed by atoms with van der Waals surface area (Å²) < 4.78 is 24.5. The van der Waals surface area contributed by atoms with Gasteiger partial charge >= 0.3 is 0 Å². The van der Waals surface area contributed by atoms with E-state index in [-0.39, 0.29) is 5.58 Å². The van der Waals surface area contributed by atoms with Gasteiger partial charge in [0.2, 0.25) is 0 Å². The van der Waals surface area contributed by atoms with Crippen LogP contribution in [0.15, 0.2) is 35.0 Å². The van der Waals surface area contributed by atoms with E-state index in [9.17, 15) is 4.39 Å². The van der Waals surface area contributed by atoms with Crippen molar-refractivity contribution in [1.82, 2.24) is 9.97 Å². The van der Waals surface area contributed by atoms with Crippen LogP contribution in [-0.2, 0) is 0 Å². The lowest BCUT2D eigenvalue weighted by atomic mass is 10.2. The average Bonchev–Trinajstić information content (AvgIpc) is 2.91. The molecule has 0 aliphatic heterocycles. The fourth-order valence-electron chi connectivity index (χ4n) is 2.06. The van der Waals surface area contributed by atoms with Gasteiger partial charge in [-0.15, -0.1) is 0 Å². The molecule has 0 aliphatic rings. The monoisotopic (exact) mass is 273 g/mol. The van der Waals surface area contributed by atoms with Crippen LogP contribution in [0.5, 0.6) is 5.75 Å². The molecule has 0 unspecified atom stereocenters. The number of ether oxygens (including phenoxy) is 1. The van der Waals surface area contributed by atoms with Crippen LogP contribution < -0.4 is 10.1 Å². The average molecular weight is 273 g/mol. The van der Waals surface area contributed by atoms with Gasteiger partial charge in [0.05, 0.1) is 7.11 Å². The fraction of sp³-hybridized carbons (Fsp3) is 0.143. The zero-order valence-electron chi connectivity index (χ0n) is 11.0. The van der Waals surface area contributed by atoms with Gasteiger partial charge in [-0.1, -0.05) is 12.1 Å². The van der Waals surface area contributed by atoms with Crippen molar-refractivity contribution in [1.29, 1.82) is 0 Å². The molecule has 2 heterocycles. The van der Waals surface area contributed by atoms with Gasteiger partial charge in [0.1, 0.15) is 6.33 Å². The number of furan rings is 1. The third kappa shape index (κ3) is 1.85. The first-order valence-electron chi connectivity index (χ1n) is 5.99. The van der Waals surface area contributed by atoms with E-state index >= 15 is 0 Å². The molecule has 0 atom stereocenters. The molecule has 0 spiro atoms. The Morgan fingerprint density at radius 2 is 2.15 bits per heavy atom. The van der Waals surface area contributed by atoms with E-state index in [0.29, 0.717) is 28.4 Å². The van der Waals surface area contributed by atoms with Crippen LogP contribution in [0.4, 0.5) is 10.2 Å². The van der Waals surface area contributed by atoms with Crippen molar-refractivity contribution < 1.29 is 13.5 Å². The highest BCUT2D eigenvalue weighted by Crippen LogP contribution is 2.36. The van der Waals surface area contributed by atoms with Crippen LogP contribution in [-0.4, -0.2) is 24.1 Å². The number of aromatic nitrogens is 2. The van der Waals surface area contributed by atoms with E-state index in [4.69, 9.17) is 9.15 Å². The van der Waals surface area contributed by atoms with Crippen molar-refractivity contribution >= 4 is 16.8 Å². The largest absolute Gasteiger partial charge is 0.491 e. The normalized spacial score (nSPS) is 10.8. The van der Waals surface area contributed by atoms with Crippen LogP contribution in [0.3, 0.4) is 0 Å². The molecule has 0 saturated carbocycles. The molecule has 5 nitrogen and oxygen atoms in total. The number of nitrogens with one attached hydrogen (secondary N) is 1. The number of rotatable bonds is 3. The van der Waals surface area contributed by atoms with Gasteiger partial charge < -0.3 is 14.5 Å². The van der Waals surface area contributed by atoms with Crippen molar-refractivity contribution in [2.75, 3.05) is 19.5 Å². The Hall–Kier alpha value is -2.63. The number of methoxy groups -OCH3 is 1.